The molecule has 23 heavy (non-hydrogen) atoms. The van der Waals surface area contributed by atoms with E-state index >= 15 is 0 Å². The van der Waals surface area contributed by atoms with Gasteiger partial charge in [-0.15, -0.1) is 0 Å². The summed E-state index contributed by atoms with van der Waals surface area (Å²) in [5.74, 6) is 0. The maximum atomic E-state index is 12.4. The number of aryl methyl sites for hydroxylation is 1. The number of carbonyl (C=O) groups is 1. The molecule has 0 atom stereocenters. The van der Waals surface area contributed by atoms with E-state index in [9.17, 15) is 4.79 Å². The van der Waals surface area contributed by atoms with Gasteiger partial charge in [0, 0.05) is 23.1 Å². The molecule has 0 aliphatic heterocycles. The third kappa shape index (κ3) is 2.79. The van der Waals surface area contributed by atoms with Gasteiger partial charge in [0.2, 0.25) is 0 Å². The number of nitrogens with zero attached hydrogens (tertiary/aromatic N) is 2. The summed E-state index contributed by atoms with van der Waals surface area (Å²) in [6.45, 7) is 7.99. The van der Waals surface area contributed by atoms with Gasteiger partial charge in [-0.3, -0.25) is 4.68 Å². The Labute approximate surface area is 134 Å². The lowest BCUT2D eigenvalue weighted by Gasteiger charge is -2.11. The number of amides is 2. The number of anilines is 2. The molecule has 0 radical (unpaired) electrons. The zero-order chi connectivity index (χ0) is 16.6. The average molecular weight is 311 g/mol. The standard InChI is InChI=1S/C17H21N5O/c1-10(2)22-12(4)16(11(3)21-22)20-17(23)19-15-7-5-6-14-13(15)8-9-18-14/h5-10,18H,1-4H3,(H2,19,20,23). The second-order valence-electron chi connectivity index (χ2n) is 5.91. The molecule has 2 amide bonds. The Kier molecular flexibility index (Phi) is 3.82. The molecule has 6 heteroatoms. The van der Waals surface area contributed by atoms with Gasteiger partial charge >= 0.3 is 6.03 Å². The highest BCUT2D eigenvalue weighted by Gasteiger charge is 2.16. The van der Waals surface area contributed by atoms with Gasteiger partial charge in [-0.05, 0) is 45.9 Å². The van der Waals surface area contributed by atoms with Crippen LogP contribution in [-0.2, 0) is 0 Å². The van der Waals surface area contributed by atoms with E-state index in [1.807, 2.05) is 49.0 Å². The van der Waals surface area contributed by atoms with E-state index in [1.165, 1.54) is 0 Å². The topological polar surface area (TPSA) is 74.7 Å². The largest absolute Gasteiger partial charge is 0.361 e. The van der Waals surface area contributed by atoms with Gasteiger partial charge in [0.1, 0.15) is 0 Å². The first-order valence-electron chi connectivity index (χ1n) is 7.67. The fourth-order valence-electron chi connectivity index (χ4n) is 2.81. The predicted molar refractivity (Wildman–Crippen MR) is 93.0 cm³/mol. The summed E-state index contributed by atoms with van der Waals surface area (Å²) >= 11 is 0. The van der Waals surface area contributed by atoms with Crippen molar-refractivity contribution in [3.8, 4) is 0 Å². The van der Waals surface area contributed by atoms with Crippen LogP contribution >= 0.6 is 0 Å². The Hall–Kier alpha value is -2.76. The van der Waals surface area contributed by atoms with Crippen LogP contribution in [0.4, 0.5) is 16.2 Å². The maximum Gasteiger partial charge on any atom is 0.323 e. The Balaban J connectivity index is 1.82. The van der Waals surface area contributed by atoms with Crippen LogP contribution in [-0.4, -0.2) is 20.8 Å². The first kappa shape index (κ1) is 15.1. The van der Waals surface area contributed by atoms with Gasteiger partial charge < -0.3 is 15.6 Å². The second-order valence-corrected chi connectivity index (χ2v) is 5.91. The van der Waals surface area contributed by atoms with Crippen molar-refractivity contribution in [3.63, 3.8) is 0 Å². The molecule has 0 spiro atoms. The Morgan fingerprint density at radius 2 is 2.00 bits per heavy atom. The molecule has 0 saturated heterocycles. The summed E-state index contributed by atoms with van der Waals surface area (Å²) in [6, 6.07) is 7.68. The summed E-state index contributed by atoms with van der Waals surface area (Å²) in [7, 11) is 0. The molecule has 0 bridgehead atoms. The van der Waals surface area contributed by atoms with Crippen molar-refractivity contribution in [1.29, 1.82) is 0 Å². The number of benzene rings is 1. The molecule has 3 aromatic rings. The summed E-state index contributed by atoms with van der Waals surface area (Å²) in [4.78, 5) is 15.5. The monoisotopic (exact) mass is 311 g/mol. The predicted octanol–water partition coefficient (Wildman–Crippen LogP) is 4.21. The highest BCUT2D eigenvalue weighted by molar-refractivity contribution is 6.06. The van der Waals surface area contributed by atoms with Crippen molar-refractivity contribution in [1.82, 2.24) is 14.8 Å². The van der Waals surface area contributed by atoms with Crippen molar-refractivity contribution < 1.29 is 4.79 Å². The van der Waals surface area contributed by atoms with E-state index in [2.05, 4.69) is 34.6 Å². The van der Waals surface area contributed by atoms with Crippen LogP contribution in [0.15, 0.2) is 30.5 Å². The SMILES string of the molecule is Cc1nn(C(C)C)c(C)c1NC(=O)Nc1cccc2[nH]ccc12. The Bertz CT molecular complexity index is 859. The molecule has 3 rings (SSSR count). The van der Waals surface area contributed by atoms with E-state index in [4.69, 9.17) is 0 Å². The number of aromatic nitrogens is 3. The summed E-state index contributed by atoms with van der Waals surface area (Å²) in [5, 5.41) is 11.3. The third-order valence-corrected chi connectivity index (χ3v) is 3.90. The van der Waals surface area contributed by atoms with Crippen molar-refractivity contribution in [2.24, 2.45) is 0 Å². The summed E-state index contributed by atoms with van der Waals surface area (Å²) in [5.41, 5.74) is 4.28. The van der Waals surface area contributed by atoms with Crippen molar-refractivity contribution in [2.45, 2.75) is 33.7 Å². The van der Waals surface area contributed by atoms with Crippen LogP contribution < -0.4 is 10.6 Å². The molecule has 1 aromatic carbocycles. The fraction of sp³-hybridized carbons (Fsp3) is 0.294. The zero-order valence-corrected chi connectivity index (χ0v) is 13.8. The normalized spacial score (nSPS) is 11.2. The Morgan fingerprint density at radius 3 is 2.70 bits per heavy atom. The summed E-state index contributed by atoms with van der Waals surface area (Å²) in [6.07, 6.45) is 1.86. The van der Waals surface area contributed by atoms with Gasteiger partial charge in [-0.25, -0.2) is 4.79 Å². The lowest BCUT2D eigenvalue weighted by Crippen LogP contribution is -2.20. The minimum Gasteiger partial charge on any atom is -0.361 e. The van der Waals surface area contributed by atoms with Crippen molar-refractivity contribution in [2.75, 3.05) is 10.6 Å². The van der Waals surface area contributed by atoms with Gasteiger partial charge in [0.15, 0.2) is 0 Å². The van der Waals surface area contributed by atoms with Crippen LogP contribution in [0, 0.1) is 13.8 Å². The number of hydrogen-bond donors (Lipinski definition) is 3. The quantitative estimate of drug-likeness (QED) is 0.678. The number of hydrogen-bond acceptors (Lipinski definition) is 2. The highest BCUT2D eigenvalue weighted by Crippen LogP contribution is 2.24. The zero-order valence-electron chi connectivity index (χ0n) is 13.8. The number of nitrogens with one attached hydrogen (secondary N) is 3. The van der Waals surface area contributed by atoms with E-state index in [0.29, 0.717) is 0 Å². The molecule has 0 fully saturated rings. The first-order chi connectivity index (χ1) is 11.0. The molecule has 0 aliphatic carbocycles. The molecule has 2 heterocycles. The van der Waals surface area contributed by atoms with Gasteiger partial charge in [-0.1, -0.05) is 6.07 Å². The molecule has 6 nitrogen and oxygen atoms in total. The molecule has 0 saturated carbocycles. The Morgan fingerprint density at radius 1 is 1.22 bits per heavy atom. The minimum absolute atomic E-state index is 0.251. The highest BCUT2D eigenvalue weighted by atomic mass is 16.2. The lowest BCUT2D eigenvalue weighted by molar-refractivity contribution is 0.262. The van der Waals surface area contributed by atoms with Gasteiger partial charge in [0.25, 0.3) is 0 Å². The van der Waals surface area contributed by atoms with Crippen LogP contribution in [0.1, 0.15) is 31.3 Å². The van der Waals surface area contributed by atoms with Gasteiger partial charge in [0.05, 0.1) is 22.8 Å². The van der Waals surface area contributed by atoms with Crippen LogP contribution in [0.25, 0.3) is 10.9 Å². The minimum atomic E-state index is -0.270. The molecule has 2 aromatic heterocycles. The molecule has 3 N–H and O–H groups in total. The number of rotatable bonds is 3. The molecule has 0 aliphatic rings. The number of aromatic amines is 1. The van der Waals surface area contributed by atoms with Crippen molar-refractivity contribution in [3.05, 3.63) is 41.9 Å². The first-order valence-corrected chi connectivity index (χ1v) is 7.67. The van der Waals surface area contributed by atoms with Gasteiger partial charge in [-0.2, -0.15) is 5.10 Å². The second kappa shape index (κ2) is 5.79. The van der Waals surface area contributed by atoms with E-state index in [0.717, 1.165) is 33.7 Å². The number of fused-ring (bicyclic) bond motifs is 1. The van der Waals surface area contributed by atoms with Crippen LogP contribution in [0.2, 0.25) is 0 Å². The number of H-pyrrole nitrogens is 1. The third-order valence-electron chi connectivity index (χ3n) is 3.90. The van der Waals surface area contributed by atoms with Crippen molar-refractivity contribution >= 4 is 28.3 Å². The number of carbonyl (C=O) groups excluding carboxylic acids is 1. The van der Waals surface area contributed by atoms with Crippen LogP contribution in [0.3, 0.4) is 0 Å². The molecular weight excluding hydrogens is 290 g/mol. The van der Waals surface area contributed by atoms with E-state index < -0.39 is 0 Å². The smallest absolute Gasteiger partial charge is 0.323 e. The molecule has 120 valence electrons. The molecular formula is C17H21N5O. The maximum absolute atomic E-state index is 12.4. The van der Waals surface area contributed by atoms with Crippen LogP contribution in [0.5, 0.6) is 0 Å². The lowest BCUT2D eigenvalue weighted by atomic mass is 10.2. The number of urea groups is 1. The average Bonchev–Trinajstić information content (AvgIpc) is 3.08. The van der Waals surface area contributed by atoms with E-state index in [-0.39, 0.29) is 12.1 Å². The summed E-state index contributed by atoms with van der Waals surface area (Å²) < 4.78 is 1.91. The molecule has 0 unspecified atom stereocenters. The fourth-order valence-corrected chi connectivity index (χ4v) is 2.81. The van der Waals surface area contributed by atoms with E-state index in [1.54, 1.807) is 0 Å².